The second-order valence-electron chi connectivity index (χ2n) is 7.23. The first-order valence-electron chi connectivity index (χ1n) is 10.00. The van der Waals surface area contributed by atoms with E-state index >= 15 is 0 Å². The van der Waals surface area contributed by atoms with Crippen molar-refractivity contribution in [3.8, 4) is 5.75 Å². The third kappa shape index (κ3) is 5.80. The van der Waals surface area contributed by atoms with Gasteiger partial charge >= 0.3 is 0 Å². The predicted molar refractivity (Wildman–Crippen MR) is 120 cm³/mol. The van der Waals surface area contributed by atoms with Gasteiger partial charge in [-0.15, -0.1) is 10.2 Å². The number of carbonyl (C=O) groups is 2. The number of nitrogens with one attached hydrogen (secondary N) is 2. The number of benzene rings is 2. The van der Waals surface area contributed by atoms with E-state index in [1.54, 1.807) is 48.5 Å². The molecule has 0 saturated heterocycles. The lowest BCUT2D eigenvalue weighted by molar-refractivity contribution is 0.0937. The van der Waals surface area contributed by atoms with Crippen molar-refractivity contribution in [1.82, 2.24) is 15.5 Å². The van der Waals surface area contributed by atoms with Gasteiger partial charge in [-0.05, 0) is 61.4 Å². The number of amides is 2. The monoisotopic (exact) mass is 456 g/mol. The standard InChI is InChI=1S/C22H21ClN4O3S/c23-15-7-11-18(12-8-15)30-13-19-26-27-22(31-19)21(29)25-17-9-5-14(6-10-17)20(28)24-16-3-1-2-4-16/h5-12,16H,1-4,13H2,(H,24,28)(H,25,29). The first-order chi connectivity index (χ1) is 15.1. The molecular weight excluding hydrogens is 436 g/mol. The van der Waals surface area contributed by atoms with E-state index in [1.807, 2.05) is 0 Å². The van der Waals surface area contributed by atoms with Gasteiger partial charge in [-0.1, -0.05) is 35.8 Å². The molecule has 1 aliphatic rings. The maximum Gasteiger partial charge on any atom is 0.286 e. The summed E-state index contributed by atoms with van der Waals surface area (Å²) >= 11 is 7.01. The van der Waals surface area contributed by atoms with Gasteiger partial charge in [-0.25, -0.2) is 0 Å². The van der Waals surface area contributed by atoms with Crippen molar-refractivity contribution >= 4 is 40.4 Å². The molecule has 4 rings (SSSR count). The molecule has 9 heteroatoms. The fourth-order valence-electron chi connectivity index (χ4n) is 3.31. The van der Waals surface area contributed by atoms with Crippen LogP contribution in [0.2, 0.25) is 5.02 Å². The van der Waals surface area contributed by atoms with Crippen molar-refractivity contribution in [2.75, 3.05) is 5.32 Å². The third-order valence-corrected chi connectivity index (χ3v) is 6.08. The SMILES string of the molecule is O=C(NC1CCCC1)c1ccc(NC(=O)c2nnc(COc3ccc(Cl)cc3)s2)cc1. The van der Waals surface area contributed by atoms with Gasteiger partial charge < -0.3 is 15.4 Å². The summed E-state index contributed by atoms with van der Waals surface area (Å²) in [6, 6.07) is 14.1. The van der Waals surface area contributed by atoms with E-state index in [4.69, 9.17) is 16.3 Å². The molecule has 1 fully saturated rings. The van der Waals surface area contributed by atoms with Gasteiger partial charge in [0.1, 0.15) is 12.4 Å². The van der Waals surface area contributed by atoms with Crippen LogP contribution in [0.5, 0.6) is 5.75 Å². The van der Waals surface area contributed by atoms with Crippen molar-refractivity contribution in [1.29, 1.82) is 0 Å². The predicted octanol–water partition coefficient (Wildman–Crippen LogP) is 4.70. The molecule has 0 aliphatic heterocycles. The highest BCUT2D eigenvalue weighted by Crippen LogP contribution is 2.20. The zero-order valence-corrected chi connectivity index (χ0v) is 18.2. The van der Waals surface area contributed by atoms with E-state index in [1.165, 1.54) is 0 Å². The molecule has 0 radical (unpaired) electrons. The molecule has 3 aromatic rings. The van der Waals surface area contributed by atoms with E-state index < -0.39 is 0 Å². The summed E-state index contributed by atoms with van der Waals surface area (Å²) in [4.78, 5) is 24.8. The topological polar surface area (TPSA) is 93.2 Å². The minimum Gasteiger partial charge on any atom is -0.486 e. The summed E-state index contributed by atoms with van der Waals surface area (Å²) in [6.07, 6.45) is 4.40. The fraction of sp³-hybridized carbons (Fsp3) is 0.273. The molecule has 31 heavy (non-hydrogen) atoms. The van der Waals surface area contributed by atoms with E-state index in [2.05, 4.69) is 20.8 Å². The Kier molecular flexibility index (Phi) is 6.79. The lowest BCUT2D eigenvalue weighted by atomic mass is 10.1. The Morgan fingerprint density at radius 2 is 1.71 bits per heavy atom. The van der Waals surface area contributed by atoms with Gasteiger partial charge in [0.2, 0.25) is 5.01 Å². The number of nitrogens with zero attached hydrogens (tertiary/aromatic N) is 2. The molecule has 2 amide bonds. The number of rotatable bonds is 7. The highest BCUT2D eigenvalue weighted by atomic mass is 35.5. The van der Waals surface area contributed by atoms with E-state index in [-0.39, 0.29) is 29.5 Å². The largest absolute Gasteiger partial charge is 0.486 e. The zero-order valence-electron chi connectivity index (χ0n) is 16.6. The Balaban J connectivity index is 1.29. The Bertz CT molecular complexity index is 1050. The first-order valence-corrected chi connectivity index (χ1v) is 11.2. The van der Waals surface area contributed by atoms with E-state index in [9.17, 15) is 9.59 Å². The summed E-state index contributed by atoms with van der Waals surface area (Å²) in [7, 11) is 0. The number of hydrogen-bond acceptors (Lipinski definition) is 6. The lowest BCUT2D eigenvalue weighted by Gasteiger charge is -2.12. The maximum atomic E-state index is 12.5. The average molecular weight is 457 g/mol. The van der Waals surface area contributed by atoms with Gasteiger partial charge in [0.05, 0.1) is 0 Å². The summed E-state index contributed by atoms with van der Waals surface area (Å²) in [6.45, 7) is 0.206. The molecule has 7 nitrogen and oxygen atoms in total. The maximum absolute atomic E-state index is 12.5. The number of halogens is 1. The Morgan fingerprint density at radius 3 is 2.42 bits per heavy atom. The third-order valence-electron chi connectivity index (χ3n) is 4.93. The molecule has 2 N–H and O–H groups in total. The summed E-state index contributed by atoms with van der Waals surface area (Å²) in [5, 5.41) is 15.2. The quantitative estimate of drug-likeness (QED) is 0.537. The van der Waals surface area contributed by atoms with Crippen LogP contribution in [0.3, 0.4) is 0 Å². The normalized spacial score (nSPS) is 13.7. The fourth-order valence-corrected chi connectivity index (χ4v) is 4.08. The van der Waals surface area contributed by atoms with Crippen LogP contribution >= 0.6 is 22.9 Å². The molecule has 160 valence electrons. The van der Waals surface area contributed by atoms with Crippen molar-refractivity contribution < 1.29 is 14.3 Å². The minimum absolute atomic E-state index is 0.0840. The minimum atomic E-state index is -0.363. The molecule has 1 heterocycles. The Labute approximate surface area is 188 Å². The lowest BCUT2D eigenvalue weighted by Crippen LogP contribution is -2.32. The molecule has 0 atom stereocenters. The Morgan fingerprint density at radius 1 is 1.00 bits per heavy atom. The second-order valence-corrected chi connectivity index (χ2v) is 8.73. The van der Waals surface area contributed by atoms with Crippen molar-refractivity contribution in [2.24, 2.45) is 0 Å². The summed E-state index contributed by atoms with van der Waals surface area (Å²) in [5.74, 6) is 0.209. The summed E-state index contributed by atoms with van der Waals surface area (Å²) < 4.78 is 5.62. The van der Waals surface area contributed by atoms with Crippen molar-refractivity contribution in [3.05, 3.63) is 69.1 Å². The van der Waals surface area contributed by atoms with Crippen LogP contribution < -0.4 is 15.4 Å². The van der Waals surface area contributed by atoms with Gasteiger partial charge in [0, 0.05) is 22.3 Å². The van der Waals surface area contributed by atoms with Gasteiger partial charge in [0.15, 0.2) is 5.01 Å². The number of ether oxygens (including phenoxy) is 1. The van der Waals surface area contributed by atoms with Crippen LogP contribution in [0.15, 0.2) is 48.5 Å². The van der Waals surface area contributed by atoms with Crippen LogP contribution in [0, 0.1) is 0 Å². The molecule has 0 unspecified atom stereocenters. The molecule has 0 bridgehead atoms. The highest BCUT2D eigenvalue weighted by molar-refractivity contribution is 7.13. The molecule has 1 aliphatic carbocycles. The summed E-state index contributed by atoms with van der Waals surface area (Å²) in [5.41, 5.74) is 1.15. The van der Waals surface area contributed by atoms with Gasteiger partial charge in [-0.3, -0.25) is 9.59 Å². The number of hydrogen-bond donors (Lipinski definition) is 2. The number of carbonyl (C=O) groups excluding carboxylic acids is 2. The second kappa shape index (κ2) is 9.89. The molecule has 1 aromatic heterocycles. The molecular formula is C22H21ClN4O3S. The average Bonchev–Trinajstić information content (AvgIpc) is 3.46. The van der Waals surface area contributed by atoms with Crippen molar-refractivity contribution in [2.45, 2.75) is 38.3 Å². The smallest absolute Gasteiger partial charge is 0.286 e. The van der Waals surface area contributed by atoms with Crippen LogP contribution in [-0.2, 0) is 6.61 Å². The number of aromatic nitrogens is 2. The van der Waals surface area contributed by atoms with Crippen LogP contribution in [0.1, 0.15) is 50.9 Å². The Hall–Kier alpha value is -2.97. The van der Waals surface area contributed by atoms with Crippen molar-refractivity contribution in [3.63, 3.8) is 0 Å². The van der Waals surface area contributed by atoms with Gasteiger partial charge in [-0.2, -0.15) is 0 Å². The van der Waals surface area contributed by atoms with Crippen LogP contribution in [0.4, 0.5) is 5.69 Å². The number of anilines is 1. The van der Waals surface area contributed by atoms with Crippen LogP contribution in [-0.4, -0.2) is 28.1 Å². The van der Waals surface area contributed by atoms with E-state index in [0.29, 0.717) is 27.0 Å². The first kappa shape index (κ1) is 21.3. The van der Waals surface area contributed by atoms with E-state index in [0.717, 1.165) is 37.0 Å². The highest BCUT2D eigenvalue weighted by Gasteiger charge is 2.18. The van der Waals surface area contributed by atoms with Crippen LogP contribution in [0.25, 0.3) is 0 Å². The molecule has 0 spiro atoms. The van der Waals surface area contributed by atoms with Gasteiger partial charge in [0.25, 0.3) is 11.8 Å². The molecule has 1 saturated carbocycles. The zero-order chi connectivity index (χ0) is 21.6. The molecule has 2 aromatic carbocycles.